The van der Waals surface area contributed by atoms with E-state index in [1.54, 1.807) is 0 Å². The fourth-order valence-corrected chi connectivity index (χ4v) is 9.33. The van der Waals surface area contributed by atoms with Crippen molar-refractivity contribution in [2.24, 2.45) is 0 Å². The summed E-state index contributed by atoms with van der Waals surface area (Å²) in [5.74, 6) is 0. The van der Waals surface area contributed by atoms with Crippen LogP contribution >= 0.6 is 0 Å². The van der Waals surface area contributed by atoms with Gasteiger partial charge >= 0.3 is 0 Å². The Morgan fingerprint density at radius 1 is 0.373 bits per heavy atom. The number of nitriles is 1. The molecule has 2 heterocycles. The van der Waals surface area contributed by atoms with Crippen LogP contribution in [0.25, 0.3) is 77.7 Å². The van der Waals surface area contributed by atoms with Crippen molar-refractivity contribution in [3.05, 3.63) is 240 Å². The molecule has 0 N–H and O–H groups in total. The van der Waals surface area contributed by atoms with Gasteiger partial charge in [0.2, 0.25) is 0 Å². The molecule has 1 aliphatic carbocycles. The van der Waals surface area contributed by atoms with E-state index in [2.05, 4.69) is 194 Å². The molecular weight excluding hydrogens is 715 g/mol. The topological polar surface area (TPSA) is 49.6 Å². The molecule has 10 aromatic rings. The van der Waals surface area contributed by atoms with Crippen LogP contribution in [-0.4, -0.2) is 9.97 Å². The zero-order chi connectivity index (χ0) is 39.3. The first-order chi connectivity index (χ1) is 29.2. The lowest BCUT2D eigenvalue weighted by Crippen LogP contribution is -2.28. The van der Waals surface area contributed by atoms with Crippen LogP contribution in [-0.2, 0) is 5.41 Å². The molecule has 0 bridgehead atoms. The van der Waals surface area contributed by atoms with E-state index in [1.807, 2.05) is 24.3 Å². The van der Waals surface area contributed by atoms with E-state index in [1.165, 1.54) is 33.4 Å². The Kier molecular flexibility index (Phi) is 8.10. The number of benzene rings is 8. The first-order valence-electron chi connectivity index (χ1n) is 20.0. The van der Waals surface area contributed by atoms with Gasteiger partial charge in [0.15, 0.2) is 0 Å². The maximum Gasteiger partial charge on any atom is 0.0991 e. The summed E-state index contributed by atoms with van der Waals surface area (Å²) in [6, 6.07) is 77.5. The van der Waals surface area contributed by atoms with Crippen molar-refractivity contribution in [1.29, 1.82) is 5.26 Å². The van der Waals surface area contributed by atoms with Crippen LogP contribution < -0.4 is 0 Å². The lowest BCUT2D eigenvalue weighted by atomic mass is 9.67. The summed E-state index contributed by atoms with van der Waals surface area (Å²) in [6.07, 6.45) is 0. The number of nitrogens with zero attached hydrogens (tertiary/aromatic N) is 3. The van der Waals surface area contributed by atoms with Crippen molar-refractivity contribution in [3.8, 4) is 62.0 Å². The molecule has 0 aliphatic heterocycles. The predicted molar refractivity (Wildman–Crippen MR) is 241 cm³/mol. The zero-order valence-corrected chi connectivity index (χ0v) is 32.0. The van der Waals surface area contributed by atoms with E-state index >= 15 is 0 Å². The van der Waals surface area contributed by atoms with Gasteiger partial charge in [0, 0.05) is 21.9 Å². The van der Waals surface area contributed by atoms with Gasteiger partial charge in [-0.2, -0.15) is 5.26 Å². The molecule has 0 fully saturated rings. The van der Waals surface area contributed by atoms with Gasteiger partial charge in [-0.15, -0.1) is 0 Å². The summed E-state index contributed by atoms with van der Waals surface area (Å²) >= 11 is 0. The monoisotopic (exact) mass is 749 g/mol. The van der Waals surface area contributed by atoms with Crippen molar-refractivity contribution >= 4 is 21.8 Å². The Morgan fingerprint density at radius 2 is 0.932 bits per heavy atom. The highest BCUT2D eigenvalue weighted by molar-refractivity contribution is 6.06. The van der Waals surface area contributed by atoms with Gasteiger partial charge in [-0.1, -0.05) is 188 Å². The minimum absolute atomic E-state index is 0.551. The van der Waals surface area contributed by atoms with Gasteiger partial charge in [-0.05, 0) is 79.9 Å². The highest BCUT2D eigenvalue weighted by Crippen LogP contribution is 2.59. The molecule has 0 saturated heterocycles. The average molecular weight is 750 g/mol. The number of rotatable bonds is 6. The second-order valence-corrected chi connectivity index (χ2v) is 15.2. The van der Waals surface area contributed by atoms with E-state index < -0.39 is 5.41 Å². The van der Waals surface area contributed by atoms with Crippen LogP contribution in [0.1, 0.15) is 27.8 Å². The van der Waals surface area contributed by atoms with Crippen LogP contribution in [0.2, 0.25) is 0 Å². The number of hydrogen-bond acceptors (Lipinski definition) is 3. The average Bonchev–Trinajstić information content (AvgIpc) is 3.63. The molecule has 59 heavy (non-hydrogen) atoms. The zero-order valence-electron chi connectivity index (χ0n) is 32.0. The molecule has 8 aromatic carbocycles. The third kappa shape index (κ3) is 5.50. The third-order valence-corrected chi connectivity index (χ3v) is 12.0. The standard InChI is InChI=1S/C56H35N3/c57-36-37-13-12-16-43(35-37)38-23-25-40(26-24-38)52-47(51-34-30-42-28-27-41-29-33-50(39-14-4-1-5-15-39)58-54(41)55(42)59-51)31-32-49-53(52)46-21-10-11-22-48(46)56(49,44-17-6-2-7-18-44)45-19-8-3-9-20-45/h1-35H. The summed E-state index contributed by atoms with van der Waals surface area (Å²) in [7, 11) is 0. The normalized spacial score (nSPS) is 12.5. The Morgan fingerprint density at radius 3 is 1.61 bits per heavy atom. The Bertz CT molecular complexity index is 3220. The Hall–Kier alpha value is -7.93. The summed E-state index contributed by atoms with van der Waals surface area (Å²) < 4.78 is 0. The molecule has 11 rings (SSSR count). The maximum atomic E-state index is 9.65. The summed E-state index contributed by atoms with van der Waals surface area (Å²) in [6.45, 7) is 0. The van der Waals surface area contributed by atoms with E-state index in [-0.39, 0.29) is 0 Å². The smallest absolute Gasteiger partial charge is 0.0991 e. The van der Waals surface area contributed by atoms with E-state index in [4.69, 9.17) is 9.97 Å². The molecule has 2 aromatic heterocycles. The fourth-order valence-electron chi connectivity index (χ4n) is 9.33. The lowest BCUT2D eigenvalue weighted by Gasteiger charge is -2.34. The maximum absolute atomic E-state index is 9.65. The van der Waals surface area contributed by atoms with Gasteiger partial charge in [0.05, 0.1) is 39.5 Å². The van der Waals surface area contributed by atoms with Crippen molar-refractivity contribution in [3.63, 3.8) is 0 Å². The molecule has 0 saturated carbocycles. The lowest BCUT2D eigenvalue weighted by molar-refractivity contribution is 0.768. The SMILES string of the molecule is N#Cc1cccc(-c2ccc(-c3c(-c4ccc5ccc6ccc(-c7ccccc7)nc6c5n4)ccc4c3-c3ccccc3C4(c3ccccc3)c3ccccc3)cc2)c1. The number of pyridine rings is 2. The predicted octanol–water partition coefficient (Wildman–Crippen LogP) is 13.7. The van der Waals surface area contributed by atoms with E-state index in [9.17, 15) is 5.26 Å². The first-order valence-corrected chi connectivity index (χ1v) is 20.0. The Balaban J connectivity index is 1.20. The van der Waals surface area contributed by atoms with Gasteiger partial charge in [-0.25, -0.2) is 9.97 Å². The summed E-state index contributed by atoms with van der Waals surface area (Å²) in [4.78, 5) is 10.8. The number of hydrogen-bond donors (Lipinski definition) is 0. The fraction of sp³-hybridized carbons (Fsp3) is 0.0179. The first kappa shape index (κ1) is 34.3. The highest BCUT2D eigenvalue weighted by Gasteiger charge is 2.47. The van der Waals surface area contributed by atoms with Gasteiger partial charge in [-0.3, -0.25) is 0 Å². The summed E-state index contributed by atoms with van der Waals surface area (Å²) in [5, 5.41) is 11.7. The molecule has 0 atom stereocenters. The van der Waals surface area contributed by atoms with Gasteiger partial charge < -0.3 is 0 Å². The molecule has 0 unspecified atom stereocenters. The molecule has 3 nitrogen and oxygen atoms in total. The van der Waals surface area contributed by atoms with Crippen LogP contribution in [0.3, 0.4) is 0 Å². The van der Waals surface area contributed by atoms with Crippen molar-refractivity contribution in [1.82, 2.24) is 9.97 Å². The molecule has 0 radical (unpaired) electrons. The van der Waals surface area contributed by atoms with Crippen LogP contribution in [0.5, 0.6) is 0 Å². The van der Waals surface area contributed by atoms with Crippen molar-refractivity contribution < 1.29 is 0 Å². The minimum Gasteiger partial charge on any atom is -0.245 e. The van der Waals surface area contributed by atoms with Crippen LogP contribution in [0.15, 0.2) is 212 Å². The minimum atomic E-state index is -0.551. The van der Waals surface area contributed by atoms with Crippen molar-refractivity contribution in [2.75, 3.05) is 0 Å². The second-order valence-electron chi connectivity index (χ2n) is 15.2. The molecule has 1 aliphatic rings. The van der Waals surface area contributed by atoms with Gasteiger partial charge in [0.25, 0.3) is 0 Å². The van der Waals surface area contributed by atoms with Crippen LogP contribution in [0.4, 0.5) is 0 Å². The molecule has 274 valence electrons. The van der Waals surface area contributed by atoms with Crippen LogP contribution in [0, 0.1) is 11.3 Å². The van der Waals surface area contributed by atoms with E-state index in [0.717, 1.165) is 66.6 Å². The number of fused-ring (bicyclic) bond motifs is 6. The Labute approximate surface area is 343 Å². The molecule has 3 heteroatoms. The molecule has 0 spiro atoms. The highest BCUT2D eigenvalue weighted by atomic mass is 14.8. The molecular formula is C56H35N3. The van der Waals surface area contributed by atoms with Gasteiger partial charge in [0.1, 0.15) is 0 Å². The van der Waals surface area contributed by atoms with Crippen molar-refractivity contribution in [2.45, 2.75) is 5.41 Å². The quantitative estimate of drug-likeness (QED) is 0.159. The summed E-state index contributed by atoms with van der Waals surface area (Å²) in [5.41, 5.74) is 17.4. The molecule has 0 amide bonds. The number of aromatic nitrogens is 2. The van der Waals surface area contributed by atoms with E-state index in [0.29, 0.717) is 5.56 Å². The third-order valence-electron chi connectivity index (χ3n) is 12.0. The largest absolute Gasteiger partial charge is 0.245 e. The second kappa shape index (κ2) is 13.9.